The fourth-order valence-corrected chi connectivity index (χ4v) is 4.15. The van der Waals surface area contributed by atoms with E-state index in [1.807, 2.05) is 24.3 Å². The second kappa shape index (κ2) is 8.77. The van der Waals surface area contributed by atoms with E-state index in [9.17, 15) is 0 Å². The van der Waals surface area contributed by atoms with Gasteiger partial charge in [-0.15, -0.1) is 0 Å². The molecule has 0 fully saturated rings. The highest BCUT2D eigenvalue weighted by atomic mass is 14.5. The molecule has 0 aliphatic rings. The molecule has 0 saturated carbocycles. The number of benzene rings is 3. The highest BCUT2D eigenvalue weighted by Crippen LogP contribution is 2.37. The van der Waals surface area contributed by atoms with Gasteiger partial charge >= 0.3 is 0 Å². The minimum absolute atomic E-state index is 0.169. The van der Waals surface area contributed by atoms with Crippen LogP contribution >= 0.6 is 0 Å². The molecule has 0 spiro atoms. The fourth-order valence-electron chi connectivity index (χ4n) is 4.15. The van der Waals surface area contributed by atoms with Gasteiger partial charge in [0.25, 0.3) is 0 Å². The standard InChI is InChI=1S/C25H30N2/c1-2-16-25(17-20-6-4-3-5-7-20,18-21-8-12-23(26)13-9-21)19-22-10-14-24(27)15-11-22/h3-15H,2,16-19,26-27H2,1H3. The molecule has 3 rings (SSSR count). The summed E-state index contributed by atoms with van der Waals surface area (Å²) < 4.78 is 0. The molecule has 3 aromatic rings. The molecule has 3 aromatic carbocycles. The molecule has 0 aliphatic heterocycles. The van der Waals surface area contributed by atoms with Crippen LogP contribution in [0.15, 0.2) is 78.9 Å². The van der Waals surface area contributed by atoms with Crippen molar-refractivity contribution in [2.75, 3.05) is 11.5 Å². The normalized spacial score (nSPS) is 11.4. The van der Waals surface area contributed by atoms with Gasteiger partial charge < -0.3 is 11.5 Å². The predicted molar refractivity (Wildman–Crippen MR) is 117 cm³/mol. The third-order valence-electron chi connectivity index (χ3n) is 5.32. The third-order valence-corrected chi connectivity index (χ3v) is 5.32. The number of nitrogens with two attached hydrogens (primary N) is 2. The highest BCUT2D eigenvalue weighted by Gasteiger charge is 2.30. The average molecular weight is 359 g/mol. The summed E-state index contributed by atoms with van der Waals surface area (Å²) in [5.41, 5.74) is 17.7. The van der Waals surface area contributed by atoms with Gasteiger partial charge in [0, 0.05) is 11.4 Å². The van der Waals surface area contributed by atoms with Gasteiger partial charge in [-0.2, -0.15) is 0 Å². The smallest absolute Gasteiger partial charge is 0.0314 e. The summed E-state index contributed by atoms with van der Waals surface area (Å²) in [5.74, 6) is 0. The Balaban J connectivity index is 1.94. The lowest BCUT2D eigenvalue weighted by Gasteiger charge is -2.35. The zero-order valence-electron chi connectivity index (χ0n) is 16.2. The van der Waals surface area contributed by atoms with Crippen molar-refractivity contribution in [3.8, 4) is 0 Å². The van der Waals surface area contributed by atoms with Gasteiger partial charge in [0.2, 0.25) is 0 Å². The van der Waals surface area contributed by atoms with Crippen LogP contribution in [0, 0.1) is 5.41 Å². The monoisotopic (exact) mass is 358 g/mol. The van der Waals surface area contributed by atoms with Crippen molar-refractivity contribution < 1.29 is 0 Å². The van der Waals surface area contributed by atoms with E-state index in [2.05, 4.69) is 61.5 Å². The minimum Gasteiger partial charge on any atom is -0.399 e. The Hall–Kier alpha value is -2.74. The van der Waals surface area contributed by atoms with Gasteiger partial charge in [-0.3, -0.25) is 0 Å². The van der Waals surface area contributed by atoms with Crippen LogP contribution in [0.5, 0.6) is 0 Å². The summed E-state index contributed by atoms with van der Waals surface area (Å²) in [6.07, 6.45) is 5.49. The maximum absolute atomic E-state index is 5.90. The maximum atomic E-state index is 5.90. The molecule has 0 aromatic heterocycles. The summed E-state index contributed by atoms with van der Waals surface area (Å²) >= 11 is 0. The quantitative estimate of drug-likeness (QED) is 0.510. The van der Waals surface area contributed by atoms with Crippen LogP contribution < -0.4 is 11.5 Å². The van der Waals surface area contributed by atoms with Crippen LogP contribution in [0.4, 0.5) is 11.4 Å². The summed E-state index contributed by atoms with van der Waals surface area (Å²) in [4.78, 5) is 0. The minimum atomic E-state index is 0.169. The van der Waals surface area contributed by atoms with Crippen LogP contribution in [0.25, 0.3) is 0 Å². The number of rotatable bonds is 8. The molecule has 27 heavy (non-hydrogen) atoms. The Morgan fingerprint density at radius 3 is 1.41 bits per heavy atom. The SMILES string of the molecule is CCCC(Cc1ccccc1)(Cc1ccc(N)cc1)Cc1ccc(N)cc1. The molecule has 0 atom stereocenters. The number of nitrogen functional groups attached to an aromatic ring is 2. The van der Waals surface area contributed by atoms with Gasteiger partial charge in [0.05, 0.1) is 0 Å². The van der Waals surface area contributed by atoms with Crippen molar-refractivity contribution in [1.82, 2.24) is 0 Å². The molecule has 0 heterocycles. The molecule has 0 radical (unpaired) electrons. The molecule has 0 amide bonds. The molecule has 0 aliphatic carbocycles. The van der Waals surface area contributed by atoms with E-state index in [0.29, 0.717) is 0 Å². The first-order chi connectivity index (χ1) is 13.1. The Labute approximate surface area is 163 Å². The Morgan fingerprint density at radius 1 is 0.593 bits per heavy atom. The van der Waals surface area contributed by atoms with Crippen molar-refractivity contribution in [2.45, 2.75) is 39.0 Å². The van der Waals surface area contributed by atoms with Crippen molar-refractivity contribution in [2.24, 2.45) is 5.41 Å². The first-order valence-electron chi connectivity index (χ1n) is 9.81. The van der Waals surface area contributed by atoms with Crippen LogP contribution in [-0.2, 0) is 19.3 Å². The van der Waals surface area contributed by atoms with Gasteiger partial charge in [0.15, 0.2) is 0 Å². The van der Waals surface area contributed by atoms with Crippen molar-refractivity contribution in [3.05, 3.63) is 95.6 Å². The van der Waals surface area contributed by atoms with Gasteiger partial charge in [-0.1, -0.05) is 67.9 Å². The predicted octanol–water partition coefficient (Wildman–Crippen LogP) is 5.67. The van der Waals surface area contributed by atoms with E-state index in [-0.39, 0.29) is 5.41 Å². The molecule has 0 saturated heterocycles. The van der Waals surface area contributed by atoms with Crippen molar-refractivity contribution in [1.29, 1.82) is 0 Å². The summed E-state index contributed by atoms with van der Waals surface area (Å²) in [6.45, 7) is 2.28. The molecule has 0 bridgehead atoms. The Morgan fingerprint density at radius 2 is 1.00 bits per heavy atom. The topological polar surface area (TPSA) is 52.0 Å². The van der Waals surface area contributed by atoms with Crippen molar-refractivity contribution >= 4 is 11.4 Å². The van der Waals surface area contributed by atoms with E-state index in [0.717, 1.165) is 37.1 Å². The zero-order valence-corrected chi connectivity index (χ0v) is 16.2. The third kappa shape index (κ3) is 5.37. The first kappa shape index (κ1) is 19.0. The van der Waals surface area contributed by atoms with Gasteiger partial charge in [0.1, 0.15) is 0 Å². The van der Waals surface area contributed by atoms with E-state index in [4.69, 9.17) is 11.5 Å². The van der Waals surface area contributed by atoms with Crippen LogP contribution in [0.1, 0.15) is 36.5 Å². The highest BCUT2D eigenvalue weighted by molar-refractivity contribution is 5.41. The average Bonchev–Trinajstić information content (AvgIpc) is 2.67. The number of anilines is 2. The second-order valence-corrected chi connectivity index (χ2v) is 7.75. The number of hydrogen-bond acceptors (Lipinski definition) is 2. The van der Waals surface area contributed by atoms with Crippen molar-refractivity contribution in [3.63, 3.8) is 0 Å². The lowest BCUT2D eigenvalue weighted by atomic mass is 9.69. The molecular weight excluding hydrogens is 328 g/mol. The van der Waals surface area contributed by atoms with E-state index < -0.39 is 0 Å². The number of hydrogen-bond donors (Lipinski definition) is 2. The van der Waals surface area contributed by atoms with E-state index >= 15 is 0 Å². The molecule has 4 N–H and O–H groups in total. The van der Waals surface area contributed by atoms with Crippen LogP contribution in [0.2, 0.25) is 0 Å². The molecule has 140 valence electrons. The second-order valence-electron chi connectivity index (χ2n) is 7.75. The lowest BCUT2D eigenvalue weighted by Crippen LogP contribution is -2.29. The Kier molecular flexibility index (Phi) is 6.18. The Bertz CT molecular complexity index is 773. The first-order valence-corrected chi connectivity index (χ1v) is 9.81. The molecule has 2 nitrogen and oxygen atoms in total. The summed E-state index contributed by atoms with van der Waals surface area (Å²) in [6, 6.07) is 27.6. The molecular formula is C25H30N2. The largest absolute Gasteiger partial charge is 0.399 e. The molecule has 2 heteroatoms. The maximum Gasteiger partial charge on any atom is 0.0314 e. The van der Waals surface area contributed by atoms with E-state index in [1.165, 1.54) is 23.1 Å². The fraction of sp³-hybridized carbons (Fsp3) is 0.280. The molecule has 0 unspecified atom stereocenters. The summed E-state index contributed by atoms with van der Waals surface area (Å²) in [5, 5.41) is 0. The van der Waals surface area contributed by atoms with Gasteiger partial charge in [-0.05, 0) is 72.1 Å². The summed E-state index contributed by atoms with van der Waals surface area (Å²) in [7, 11) is 0. The van der Waals surface area contributed by atoms with Gasteiger partial charge in [-0.25, -0.2) is 0 Å². The lowest BCUT2D eigenvalue weighted by molar-refractivity contribution is 0.251. The zero-order chi connectivity index (χ0) is 19.1. The van der Waals surface area contributed by atoms with E-state index in [1.54, 1.807) is 0 Å². The van der Waals surface area contributed by atoms with Crippen LogP contribution in [-0.4, -0.2) is 0 Å². The van der Waals surface area contributed by atoms with Crippen LogP contribution in [0.3, 0.4) is 0 Å².